The van der Waals surface area contributed by atoms with Crippen molar-refractivity contribution in [3.63, 3.8) is 0 Å². The lowest BCUT2D eigenvalue weighted by molar-refractivity contribution is -0.192. The number of nitrogens with one attached hydrogen (secondary N) is 1. The Balaban J connectivity index is 0.000000396. The molecule has 0 amide bonds. The number of halogens is 3. The SMILES string of the molecule is C/C=C/c1ccc(OC(=O)c2ccc(OC3CNC3)cc2)cc1.O=C(O)C(F)(F)F. The van der Waals surface area contributed by atoms with Gasteiger partial charge < -0.3 is 19.9 Å². The third-order valence-electron chi connectivity index (χ3n) is 3.83. The van der Waals surface area contributed by atoms with E-state index in [9.17, 15) is 18.0 Å². The molecule has 0 aliphatic carbocycles. The van der Waals surface area contributed by atoms with Crippen molar-refractivity contribution in [1.29, 1.82) is 0 Å². The molecule has 2 aromatic rings. The first-order chi connectivity index (χ1) is 14.2. The molecule has 160 valence electrons. The number of rotatable bonds is 5. The molecule has 0 spiro atoms. The number of esters is 1. The van der Waals surface area contributed by atoms with Crippen LogP contribution >= 0.6 is 0 Å². The molecule has 1 fully saturated rings. The number of carboxylic acid groups (broad SMARTS) is 1. The molecule has 9 heteroatoms. The molecule has 0 radical (unpaired) electrons. The molecule has 2 aromatic carbocycles. The minimum Gasteiger partial charge on any atom is -0.488 e. The summed E-state index contributed by atoms with van der Waals surface area (Å²) in [7, 11) is 0. The van der Waals surface area contributed by atoms with Crippen LogP contribution in [0.1, 0.15) is 22.8 Å². The van der Waals surface area contributed by atoms with Gasteiger partial charge in [-0.3, -0.25) is 0 Å². The number of hydrogen-bond acceptors (Lipinski definition) is 5. The van der Waals surface area contributed by atoms with Crippen LogP contribution in [0.3, 0.4) is 0 Å². The summed E-state index contributed by atoms with van der Waals surface area (Å²) < 4.78 is 42.8. The van der Waals surface area contributed by atoms with Crippen molar-refractivity contribution in [3.05, 3.63) is 65.7 Å². The van der Waals surface area contributed by atoms with E-state index in [1.807, 2.05) is 31.2 Å². The topological polar surface area (TPSA) is 84.9 Å². The first-order valence-corrected chi connectivity index (χ1v) is 8.91. The highest BCUT2D eigenvalue weighted by molar-refractivity contribution is 5.91. The van der Waals surface area contributed by atoms with Gasteiger partial charge in [0.05, 0.1) is 5.56 Å². The van der Waals surface area contributed by atoms with Gasteiger partial charge in [-0.15, -0.1) is 0 Å². The molecular formula is C21H20F3NO5. The van der Waals surface area contributed by atoms with E-state index in [4.69, 9.17) is 19.4 Å². The van der Waals surface area contributed by atoms with Crippen LogP contribution in [0.4, 0.5) is 13.2 Å². The van der Waals surface area contributed by atoms with Crippen molar-refractivity contribution < 1.29 is 37.3 Å². The van der Waals surface area contributed by atoms with Gasteiger partial charge in [-0.1, -0.05) is 24.3 Å². The molecule has 1 aliphatic rings. The molecule has 3 rings (SSSR count). The van der Waals surface area contributed by atoms with Crippen LogP contribution in [0.25, 0.3) is 6.08 Å². The summed E-state index contributed by atoms with van der Waals surface area (Å²) in [5.41, 5.74) is 1.57. The average molecular weight is 423 g/mol. The number of aliphatic carboxylic acids is 1. The number of hydrogen-bond donors (Lipinski definition) is 2. The van der Waals surface area contributed by atoms with Crippen LogP contribution < -0.4 is 14.8 Å². The summed E-state index contributed by atoms with van der Waals surface area (Å²) in [5, 5.41) is 10.3. The maximum atomic E-state index is 12.1. The van der Waals surface area contributed by atoms with E-state index < -0.39 is 12.1 Å². The second-order valence-corrected chi connectivity index (χ2v) is 6.18. The Labute approximate surface area is 170 Å². The Hall–Kier alpha value is -3.33. The number of benzene rings is 2. The van der Waals surface area contributed by atoms with Gasteiger partial charge in [0.2, 0.25) is 0 Å². The van der Waals surface area contributed by atoms with Gasteiger partial charge in [0.25, 0.3) is 0 Å². The van der Waals surface area contributed by atoms with Gasteiger partial charge in [-0.05, 0) is 48.9 Å². The van der Waals surface area contributed by atoms with Crippen molar-refractivity contribution in [2.75, 3.05) is 13.1 Å². The van der Waals surface area contributed by atoms with E-state index in [2.05, 4.69) is 5.32 Å². The van der Waals surface area contributed by atoms with Crippen molar-refractivity contribution in [2.24, 2.45) is 0 Å². The quantitative estimate of drug-likeness (QED) is 0.560. The molecule has 2 N–H and O–H groups in total. The number of allylic oxidation sites excluding steroid dienone is 1. The van der Waals surface area contributed by atoms with Gasteiger partial charge in [0.15, 0.2) is 0 Å². The lowest BCUT2D eigenvalue weighted by atomic mass is 10.2. The summed E-state index contributed by atoms with van der Waals surface area (Å²) in [6.07, 6.45) is -0.907. The van der Waals surface area contributed by atoms with Gasteiger partial charge >= 0.3 is 18.1 Å². The summed E-state index contributed by atoms with van der Waals surface area (Å²) in [5.74, 6) is -1.83. The monoisotopic (exact) mass is 423 g/mol. The van der Waals surface area contributed by atoms with E-state index in [-0.39, 0.29) is 12.1 Å². The minimum absolute atomic E-state index is 0.225. The summed E-state index contributed by atoms with van der Waals surface area (Å²) in [6, 6.07) is 14.4. The Morgan fingerprint density at radius 2 is 1.57 bits per heavy atom. The molecular weight excluding hydrogens is 403 g/mol. The summed E-state index contributed by atoms with van der Waals surface area (Å²) in [6.45, 7) is 3.70. The molecule has 1 saturated heterocycles. The van der Waals surface area contributed by atoms with E-state index in [1.54, 1.807) is 36.4 Å². The van der Waals surface area contributed by atoms with Crippen LogP contribution in [-0.4, -0.2) is 42.4 Å². The lowest BCUT2D eigenvalue weighted by Crippen LogP contribution is -2.50. The van der Waals surface area contributed by atoms with E-state index in [0.717, 1.165) is 24.4 Å². The van der Waals surface area contributed by atoms with Crippen molar-refractivity contribution in [2.45, 2.75) is 19.2 Å². The molecule has 1 heterocycles. The highest BCUT2D eigenvalue weighted by Gasteiger charge is 2.38. The van der Waals surface area contributed by atoms with Crippen molar-refractivity contribution in [1.82, 2.24) is 5.32 Å². The zero-order chi connectivity index (χ0) is 22.1. The molecule has 0 unspecified atom stereocenters. The van der Waals surface area contributed by atoms with Crippen LogP contribution in [-0.2, 0) is 4.79 Å². The van der Waals surface area contributed by atoms with Crippen LogP contribution in [0.5, 0.6) is 11.5 Å². The average Bonchev–Trinajstić information content (AvgIpc) is 2.67. The zero-order valence-corrected chi connectivity index (χ0v) is 16.0. The summed E-state index contributed by atoms with van der Waals surface area (Å²) >= 11 is 0. The predicted molar refractivity (Wildman–Crippen MR) is 104 cm³/mol. The number of carbonyl (C=O) groups is 2. The summed E-state index contributed by atoms with van der Waals surface area (Å²) in [4.78, 5) is 21.0. The fraction of sp³-hybridized carbons (Fsp3) is 0.238. The van der Waals surface area contributed by atoms with Gasteiger partial charge in [0, 0.05) is 13.1 Å². The zero-order valence-electron chi connectivity index (χ0n) is 16.0. The smallest absolute Gasteiger partial charge is 0.488 e. The molecule has 0 saturated carbocycles. The highest BCUT2D eigenvalue weighted by atomic mass is 19.4. The fourth-order valence-electron chi connectivity index (χ4n) is 2.21. The van der Waals surface area contributed by atoms with Gasteiger partial charge in [0.1, 0.15) is 17.6 Å². The first kappa shape index (κ1) is 23.0. The normalized spacial score (nSPS) is 13.7. The Morgan fingerprint density at radius 3 is 2.00 bits per heavy atom. The second kappa shape index (κ2) is 10.4. The largest absolute Gasteiger partial charge is 0.490 e. The number of carboxylic acids is 1. The molecule has 6 nitrogen and oxygen atoms in total. The van der Waals surface area contributed by atoms with Crippen molar-refractivity contribution in [3.8, 4) is 11.5 Å². The Bertz CT molecular complexity index is 873. The molecule has 0 aromatic heterocycles. The van der Waals surface area contributed by atoms with Crippen molar-refractivity contribution >= 4 is 18.0 Å². The number of alkyl halides is 3. The third-order valence-corrected chi connectivity index (χ3v) is 3.83. The molecule has 0 bridgehead atoms. The van der Waals surface area contributed by atoms with Crippen LogP contribution in [0.15, 0.2) is 54.6 Å². The first-order valence-electron chi connectivity index (χ1n) is 8.91. The maximum Gasteiger partial charge on any atom is 0.490 e. The lowest BCUT2D eigenvalue weighted by Gasteiger charge is -2.27. The van der Waals surface area contributed by atoms with E-state index in [1.165, 1.54) is 0 Å². The Kier molecular flexibility index (Phi) is 7.99. The molecule has 1 aliphatic heterocycles. The van der Waals surface area contributed by atoms with Gasteiger partial charge in [-0.2, -0.15) is 13.2 Å². The Morgan fingerprint density at radius 1 is 1.03 bits per heavy atom. The van der Waals surface area contributed by atoms with Gasteiger partial charge in [-0.25, -0.2) is 9.59 Å². The van der Waals surface area contributed by atoms with Crippen LogP contribution in [0.2, 0.25) is 0 Å². The van der Waals surface area contributed by atoms with Crippen LogP contribution in [0, 0.1) is 0 Å². The second-order valence-electron chi connectivity index (χ2n) is 6.18. The fourth-order valence-corrected chi connectivity index (χ4v) is 2.21. The highest BCUT2D eigenvalue weighted by Crippen LogP contribution is 2.18. The number of carbonyl (C=O) groups excluding carboxylic acids is 1. The minimum atomic E-state index is -5.08. The maximum absolute atomic E-state index is 12.1. The van der Waals surface area contributed by atoms with E-state index >= 15 is 0 Å². The molecule has 30 heavy (non-hydrogen) atoms. The van der Waals surface area contributed by atoms with E-state index in [0.29, 0.717) is 11.3 Å². The third kappa shape index (κ3) is 7.25. The predicted octanol–water partition coefficient (Wildman–Crippen LogP) is 3.92. The standard InChI is InChI=1S/C19H19NO3.C2HF3O2/c1-2-3-14-4-8-17(9-5-14)23-19(21)15-6-10-16(11-7-15)22-18-12-20-13-18;3-2(4,5)1(6)7/h2-11,18,20H,12-13H2,1H3;(H,6,7)/b3-2+;. The number of ether oxygens (including phenoxy) is 2. The molecule has 0 atom stereocenters.